The second kappa shape index (κ2) is 16.9. The van der Waals surface area contributed by atoms with E-state index in [0.29, 0.717) is 27.3 Å². The van der Waals surface area contributed by atoms with Gasteiger partial charge in [-0.3, -0.25) is 37.0 Å². The van der Waals surface area contributed by atoms with E-state index in [0.717, 1.165) is 18.6 Å². The molecule has 1 unspecified atom stereocenters. The second-order valence-electron chi connectivity index (χ2n) is 13.3. The third kappa shape index (κ3) is 8.66. The Morgan fingerprint density at radius 2 is 1.63 bits per heavy atom. The van der Waals surface area contributed by atoms with Crippen molar-refractivity contribution in [1.29, 1.82) is 0 Å². The fourth-order valence-electron chi connectivity index (χ4n) is 6.49. The molecule has 0 radical (unpaired) electrons. The normalized spacial score (nSPS) is 30.8. The summed E-state index contributed by atoms with van der Waals surface area (Å²) >= 11 is 0.588. The van der Waals surface area contributed by atoms with Crippen molar-refractivity contribution in [1.82, 2.24) is 29.1 Å². The van der Waals surface area contributed by atoms with Crippen LogP contribution in [0.25, 0.3) is 11.2 Å². The number of nitrogen functional groups attached to an aromatic ring is 1. The molecule has 3 saturated heterocycles. The Bertz CT molecular complexity index is 2600. The van der Waals surface area contributed by atoms with E-state index >= 15 is 8.78 Å². The summed E-state index contributed by atoms with van der Waals surface area (Å²) in [5.74, 6) is -0.0357. The van der Waals surface area contributed by atoms with Crippen molar-refractivity contribution in [3.63, 3.8) is 0 Å². The molecule has 0 amide bonds. The van der Waals surface area contributed by atoms with Crippen LogP contribution in [-0.2, 0) is 42.5 Å². The topological polar surface area (TPSA) is 270 Å². The van der Waals surface area contributed by atoms with Crippen molar-refractivity contribution in [2.45, 2.75) is 55.0 Å². The summed E-state index contributed by atoms with van der Waals surface area (Å²) in [6.45, 7) is -6.50. The van der Waals surface area contributed by atoms with Gasteiger partial charge in [-0.2, -0.15) is 0 Å². The number of esters is 1. The van der Waals surface area contributed by atoms with Crippen molar-refractivity contribution in [3.05, 3.63) is 105 Å². The number of H-pyrrole nitrogens is 1. The predicted octanol–water partition coefficient (Wildman–Crippen LogP) is 3.62. The number of halogens is 2. The average Bonchev–Trinajstić information content (AvgIpc) is 3.89. The molecule has 2 aromatic carbocycles. The largest absolute Gasteiger partial charge is 0.497 e. The molecule has 3 fully saturated rings. The number of benzene rings is 2. The van der Waals surface area contributed by atoms with Crippen LogP contribution in [0, 0.1) is 0 Å². The predicted molar refractivity (Wildman–Crippen MR) is 203 cm³/mol. The van der Waals surface area contributed by atoms with Gasteiger partial charge in [0.05, 0.1) is 32.2 Å². The van der Waals surface area contributed by atoms with Gasteiger partial charge in [0.25, 0.3) is 5.56 Å². The van der Waals surface area contributed by atoms with Crippen LogP contribution in [0.2, 0.25) is 0 Å². The number of hydrogen-bond donors (Lipinski definition) is 3. The monoisotopic (exact) mass is 895 g/mol. The number of hydrogen-bond acceptors (Lipinski definition) is 18. The van der Waals surface area contributed by atoms with Gasteiger partial charge in [0.1, 0.15) is 47.8 Å². The maximum Gasteiger partial charge on any atom is 0.472 e. The summed E-state index contributed by atoms with van der Waals surface area (Å²) in [6.07, 6.45) is -11.8. The number of phosphoric acid groups is 1. The van der Waals surface area contributed by atoms with Gasteiger partial charge in [0.2, 0.25) is 0 Å². The second-order valence-corrected chi connectivity index (χ2v) is 18.7. The van der Waals surface area contributed by atoms with Gasteiger partial charge in [-0.05, 0) is 53.3 Å². The van der Waals surface area contributed by atoms with Crippen LogP contribution in [-0.4, -0.2) is 97.0 Å². The molecule has 3 aromatic heterocycles. The first kappa shape index (κ1) is 41.8. The summed E-state index contributed by atoms with van der Waals surface area (Å²) in [5, 5.41) is 0. The first-order chi connectivity index (χ1) is 28.7. The Kier molecular flexibility index (Phi) is 11.8. The van der Waals surface area contributed by atoms with Crippen molar-refractivity contribution in [2.24, 2.45) is 0 Å². The molecule has 5 aromatic rings. The van der Waals surface area contributed by atoms with E-state index < -0.39 is 94.3 Å². The van der Waals surface area contributed by atoms with Crippen LogP contribution in [0.5, 0.6) is 11.5 Å². The fourth-order valence-corrected chi connectivity index (χ4v) is 10.8. The van der Waals surface area contributed by atoms with Crippen LogP contribution in [0.15, 0.2) is 83.0 Å². The molecule has 26 heteroatoms. The minimum atomic E-state index is -5.28. The number of fused-ring (bicyclic) bond motifs is 4. The maximum absolute atomic E-state index is 16.5. The van der Waals surface area contributed by atoms with Gasteiger partial charge < -0.3 is 29.6 Å². The van der Waals surface area contributed by atoms with Crippen molar-refractivity contribution in [2.75, 3.05) is 26.1 Å². The molecule has 4 N–H and O–H groups in total. The number of anilines is 1. The third-order valence-electron chi connectivity index (χ3n) is 9.47. The summed E-state index contributed by atoms with van der Waals surface area (Å²) < 4.78 is 107. The summed E-state index contributed by atoms with van der Waals surface area (Å²) in [7, 11) is -3.78. The number of nitrogens with zero attached hydrogens (tertiary/aromatic N) is 5. The average molecular weight is 896 g/mol. The van der Waals surface area contributed by atoms with Gasteiger partial charge in [-0.1, -0.05) is 12.1 Å². The van der Waals surface area contributed by atoms with E-state index in [4.69, 9.17) is 42.8 Å². The molecule has 60 heavy (non-hydrogen) atoms. The van der Waals surface area contributed by atoms with Gasteiger partial charge in [0, 0.05) is 18.0 Å². The van der Waals surface area contributed by atoms with Crippen molar-refractivity contribution >= 4 is 49.0 Å². The smallest absolute Gasteiger partial charge is 0.472 e. The summed E-state index contributed by atoms with van der Waals surface area (Å²) in [6, 6.07) is 13.3. The lowest BCUT2D eigenvalue weighted by atomic mass is 10.1. The van der Waals surface area contributed by atoms with E-state index in [9.17, 15) is 28.4 Å². The standard InChI is InChI=1S/C34H33F2N7O14P2S/c1-50-19-8-4-18(5-9-19)33(45)53-20-6-2-17(3-7-20)14-60-59(49)52-13-22-27(25(36)31(55-22)42-11-10-23(44)41-34(42)46)56-58(47,48)51-12-21-24(35)28(57-59)32(54-21)43-16-40-26-29(37)38-15-39-30(26)43/h2-11,15-16,21-22,24-25,27-28,31-32H,12-14H2,1H3,(H,47,48)(H2,37,38,39)(H,41,44,46)/t21-,22-,24-,25-,27-,28-,31-,32-,59-/m1/s1. The lowest BCUT2D eigenvalue weighted by Crippen LogP contribution is -2.36. The highest BCUT2D eigenvalue weighted by atomic mass is 32.7. The molecule has 6 heterocycles. The number of nitrogens with one attached hydrogen (secondary N) is 1. The van der Waals surface area contributed by atoms with Gasteiger partial charge in [-0.15, -0.1) is 0 Å². The Hall–Kier alpha value is -4.87. The van der Waals surface area contributed by atoms with Crippen LogP contribution in [0.3, 0.4) is 0 Å². The molecule has 8 rings (SSSR count). The zero-order valence-corrected chi connectivity index (χ0v) is 33.4. The number of alkyl halides is 2. The first-order valence-electron chi connectivity index (χ1n) is 17.7. The highest BCUT2D eigenvalue weighted by Gasteiger charge is 2.55. The first-order valence-corrected chi connectivity index (χ1v) is 22.4. The highest BCUT2D eigenvalue weighted by molar-refractivity contribution is 8.54. The molecule has 0 aliphatic carbocycles. The molecule has 0 spiro atoms. The molecular weight excluding hydrogens is 862 g/mol. The number of phosphoric ester groups is 1. The van der Waals surface area contributed by atoms with E-state index in [1.807, 2.05) is 4.98 Å². The molecule has 3 aliphatic rings. The number of carbonyl (C=O) groups is 1. The van der Waals surface area contributed by atoms with E-state index in [1.54, 1.807) is 24.3 Å². The van der Waals surface area contributed by atoms with Crippen LogP contribution in [0.4, 0.5) is 14.6 Å². The molecule has 3 aliphatic heterocycles. The number of aromatic amines is 1. The third-order valence-corrected chi connectivity index (χ3v) is 14.1. The van der Waals surface area contributed by atoms with E-state index in [2.05, 4.69) is 15.0 Å². The van der Waals surface area contributed by atoms with Gasteiger partial charge in [-0.25, -0.2) is 42.5 Å². The zero-order valence-electron chi connectivity index (χ0n) is 30.8. The minimum absolute atomic E-state index is 0.0165. The minimum Gasteiger partial charge on any atom is -0.497 e. The SMILES string of the molecule is COc1ccc(C(=O)Oc2ccc(CS[P@]3(=O)OC[C@H]4O[C@@H](n5ccc(=O)[nH]c5=O)[C@H](F)[C@@H]4OP(=O)(O)OC[C@H]4O[C@@H](n5cnc6c(N)ncnc65)[C@H](O3)[C@@H]4F)cc2)cc1. The quantitative estimate of drug-likeness (QED) is 0.114. The van der Waals surface area contributed by atoms with Crippen molar-refractivity contribution in [3.8, 4) is 11.5 Å². The van der Waals surface area contributed by atoms with E-state index in [1.165, 1.54) is 42.3 Å². The maximum atomic E-state index is 16.5. The number of ether oxygens (including phenoxy) is 4. The number of methoxy groups -OCH3 is 1. The van der Waals surface area contributed by atoms with E-state index in [-0.39, 0.29) is 34.0 Å². The number of carbonyl (C=O) groups excluding carboxylic acids is 1. The highest BCUT2D eigenvalue weighted by Crippen LogP contribution is 2.65. The Balaban J connectivity index is 1.09. The molecule has 0 saturated carbocycles. The molecule has 10 atom stereocenters. The number of nitrogens with two attached hydrogens (primary N) is 1. The zero-order chi connectivity index (χ0) is 42.3. The molecule has 21 nitrogen and oxygen atoms in total. The fraction of sp³-hybridized carbons (Fsp3) is 0.353. The molecule has 2 bridgehead atoms. The number of rotatable bonds is 8. The summed E-state index contributed by atoms with van der Waals surface area (Å²) in [4.78, 5) is 61.9. The van der Waals surface area contributed by atoms with Crippen molar-refractivity contribution < 1.29 is 64.6 Å². The Morgan fingerprint density at radius 3 is 2.37 bits per heavy atom. The molecular formula is C34H33F2N7O14P2S. The summed E-state index contributed by atoms with van der Waals surface area (Å²) in [5.41, 5.74) is 5.05. The lowest BCUT2D eigenvalue weighted by molar-refractivity contribution is -0.0620. The van der Waals surface area contributed by atoms with Gasteiger partial charge >= 0.3 is 26.3 Å². The molecule has 318 valence electrons. The Labute approximate surface area is 339 Å². The van der Waals surface area contributed by atoms with Crippen LogP contribution >= 0.6 is 26.0 Å². The Morgan fingerprint density at radius 1 is 0.917 bits per heavy atom. The van der Waals surface area contributed by atoms with Gasteiger partial charge in [0.15, 0.2) is 36.3 Å². The number of aromatic nitrogens is 6. The van der Waals surface area contributed by atoms with Crippen LogP contribution in [0.1, 0.15) is 28.4 Å². The lowest BCUT2D eigenvalue weighted by Gasteiger charge is -2.27. The number of imidazole rings is 1. The van der Waals surface area contributed by atoms with Crippen LogP contribution < -0.4 is 26.5 Å².